The molecule has 1 aromatic carbocycles. The summed E-state index contributed by atoms with van der Waals surface area (Å²) >= 11 is 6.18. The van der Waals surface area contributed by atoms with Crippen molar-refractivity contribution in [1.82, 2.24) is 5.32 Å². The van der Waals surface area contributed by atoms with Crippen LogP contribution < -0.4 is 10.1 Å². The van der Waals surface area contributed by atoms with Crippen molar-refractivity contribution in [2.75, 3.05) is 19.7 Å². The minimum absolute atomic E-state index is 0.395. The first-order valence-electron chi connectivity index (χ1n) is 6.87. The SMILES string of the molecule is ClC1CCCC(CNCCOc2ccccc2)C1. The highest BCUT2D eigenvalue weighted by atomic mass is 35.5. The molecular formula is C15H22ClNO. The van der Waals surface area contributed by atoms with Crippen LogP contribution in [0.25, 0.3) is 0 Å². The fourth-order valence-electron chi connectivity index (χ4n) is 2.47. The van der Waals surface area contributed by atoms with Crippen molar-refractivity contribution >= 4 is 11.6 Å². The molecule has 2 atom stereocenters. The number of para-hydroxylation sites is 1. The van der Waals surface area contributed by atoms with Crippen molar-refractivity contribution < 1.29 is 4.74 Å². The van der Waals surface area contributed by atoms with Gasteiger partial charge in [-0.3, -0.25) is 0 Å². The molecule has 1 saturated carbocycles. The number of hydrogen-bond donors (Lipinski definition) is 1. The van der Waals surface area contributed by atoms with Crippen molar-refractivity contribution in [3.8, 4) is 5.75 Å². The number of benzene rings is 1. The molecule has 2 nitrogen and oxygen atoms in total. The number of alkyl halides is 1. The topological polar surface area (TPSA) is 21.3 Å². The van der Waals surface area contributed by atoms with Crippen molar-refractivity contribution in [3.05, 3.63) is 30.3 Å². The standard InChI is InChI=1S/C15H22ClNO/c16-14-6-4-5-13(11-14)12-17-9-10-18-15-7-2-1-3-8-15/h1-3,7-8,13-14,17H,4-6,9-12H2. The molecule has 0 amide bonds. The Bertz CT molecular complexity index is 331. The minimum Gasteiger partial charge on any atom is -0.492 e. The monoisotopic (exact) mass is 267 g/mol. The van der Waals surface area contributed by atoms with E-state index < -0.39 is 0 Å². The Morgan fingerprint density at radius 3 is 2.83 bits per heavy atom. The molecule has 2 unspecified atom stereocenters. The van der Waals surface area contributed by atoms with E-state index in [-0.39, 0.29) is 0 Å². The molecule has 0 spiro atoms. The van der Waals surface area contributed by atoms with Gasteiger partial charge < -0.3 is 10.1 Å². The van der Waals surface area contributed by atoms with E-state index in [0.29, 0.717) is 5.38 Å². The second-order valence-corrected chi connectivity index (χ2v) is 5.61. The molecule has 1 aromatic rings. The van der Waals surface area contributed by atoms with Crippen LogP contribution in [0.3, 0.4) is 0 Å². The van der Waals surface area contributed by atoms with E-state index >= 15 is 0 Å². The molecule has 1 fully saturated rings. The van der Waals surface area contributed by atoms with E-state index in [2.05, 4.69) is 5.32 Å². The number of rotatable bonds is 6. The molecule has 0 aliphatic heterocycles. The second kappa shape index (κ2) is 7.65. The maximum absolute atomic E-state index is 6.18. The lowest BCUT2D eigenvalue weighted by Crippen LogP contribution is -2.30. The van der Waals surface area contributed by atoms with E-state index in [0.717, 1.165) is 37.8 Å². The summed E-state index contributed by atoms with van der Waals surface area (Å²) in [5.74, 6) is 1.69. The van der Waals surface area contributed by atoms with Crippen molar-refractivity contribution in [2.45, 2.75) is 31.1 Å². The molecule has 1 N–H and O–H groups in total. The Hall–Kier alpha value is -0.730. The molecule has 3 heteroatoms. The van der Waals surface area contributed by atoms with Gasteiger partial charge in [-0.15, -0.1) is 11.6 Å². The van der Waals surface area contributed by atoms with E-state index in [1.807, 2.05) is 30.3 Å². The summed E-state index contributed by atoms with van der Waals surface area (Å²) in [4.78, 5) is 0. The van der Waals surface area contributed by atoms with Gasteiger partial charge in [0.1, 0.15) is 12.4 Å². The van der Waals surface area contributed by atoms with E-state index in [1.54, 1.807) is 0 Å². The maximum Gasteiger partial charge on any atom is 0.119 e. The van der Waals surface area contributed by atoms with Crippen LogP contribution in [0.1, 0.15) is 25.7 Å². The summed E-state index contributed by atoms with van der Waals surface area (Å²) in [6.45, 7) is 2.70. The molecule has 0 bridgehead atoms. The largest absolute Gasteiger partial charge is 0.492 e. The molecule has 1 aliphatic carbocycles. The third kappa shape index (κ3) is 4.87. The predicted molar refractivity (Wildman–Crippen MR) is 76.4 cm³/mol. The zero-order valence-corrected chi connectivity index (χ0v) is 11.5. The molecular weight excluding hydrogens is 246 g/mol. The molecule has 0 heterocycles. The van der Waals surface area contributed by atoms with Crippen LogP contribution in [0, 0.1) is 5.92 Å². The van der Waals surface area contributed by atoms with Crippen LogP contribution in [0.4, 0.5) is 0 Å². The van der Waals surface area contributed by atoms with Gasteiger partial charge in [-0.1, -0.05) is 24.6 Å². The first-order chi connectivity index (χ1) is 8.84. The quantitative estimate of drug-likeness (QED) is 0.630. The van der Waals surface area contributed by atoms with Gasteiger partial charge in [0.15, 0.2) is 0 Å². The summed E-state index contributed by atoms with van der Waals surface area (Å²) in [5, 5.41) is 3.86. The van der Waals surface area contributed by atoms with Gasteiger partial charge >= 0.3 is 0 Å². The normalized spacial score (nSPS) is 23.8. The third-order valence-electron chi connectivity index (χ3n) is 3.44. The summed E-state index contributed by atoms with van der Waals surface area (Å²) in [7, 11) is 0. The molecule has 0 radical (unpaired) electrons. The fraction of sp³-hybridized carbons (Fsp3) is 0.600. The molecule has 18 heavy (non-hydrogen) atoms. The third-order valence-corrected chi connectivity index (χ3v) is 3.84. The van der Waals surface area contributed by atoms with E-state index in [1.165, 1.54) is 19.3 Å². The van der Waals surface area contributed by atoms with E-state index in [4.69, 9.17) is 16.3 Å². The summed E-state index contributed by atoms with van der Waals surface area (Å²) in [6.07, 6.45) is 4.94. The van der Waals surface area contributed by atoms with Crippen molar-refractivity contribution in [2.24, 2.45) is 5.92 Å². The first kappa shape index (κ1) is 13.7. The van der Waals surface area contributed by atoms with Gasteiger partial charge in [-0.25, -0.2) is 0 Å². The molecule has 1 aliphatic rings. The van der Waals surface area contributed by atoms with Gasteiger partial charge in [-0.2, -0.15) is 0 Å². The number of ether oxygens (including phenoxy) is 1. The average molecular weight is 268 g/mol. The second-order valence-electron chi connectivity index (χ2n) is 5.00. The predicted octanol–water partition coefficient (Wildman–Crippen LogP) is 3.45. The zero-order valence-electron chi connectivity index (χ0n) is 10.8. The van der Waals surface area contributed by atoms with Crippen LogP contribution in [0.15, 0.2) is 30.3 Å². The van der Waals surface area contributed by atoms with Crippen LogP contribution in [-0.2, 0) is 0 Å². The van der Waals surface area contributed by atoms with E-state index in [9.17, 15) is 0 Å². The lowest BCUT2D eigenvalue weighted by molar-refractivity contribution is 0.295. The summed E-state index contributed by atoms with van der Waals surface area (Å²) < 4.78 is 5.63. The van der Waals surface area contributed by atoms with Gasteiger partial charge in [0.25, 0.3) is 0 Å². The Morgan fingerprint density at radius 1 is 1.22 bits per heavy atom. The highest BCUT2D eigenvalue weighted by Gasteiger charge is 2.19. The highest BCUT2D eigenvalue weighted by Crippen LogP contribution is 2.27. The summed E-state index contributed by atoms with van der Waals surface area (Å²) in [6, 6.07) is 9.95. The Kier molecular flexibility index (Phi) is 5.82. The van der Waals surface area contributed by atoms with Gasteiger partial charge in [0.05, 0.1) is 0 Å². The van der Waals surface area contributed by atoms with Crippen LogP contribution in [0.2, 0.25) is 0 Å². The Balaban J connectivity index is 1.53. The number of halogens is 1. The molecule has 2 rings (SSSR count). The summed E-state index contributed by atoms with van der Waals surface area (Å²) in [5.41, 5.74) is 0. The van der Waals surface area contributed by atoms with Crippen LogP contribution in [-0.4, -0.2) is 25.1 Å². The lowest BCUT2D eigenvalue weighted by atomic mass is 9.89. The number of hydrogen-bond acceptors (Lipinski definition) is 2. The highest BCUT2D eigenvalue weighted by molar-refractivity contribution is 6.20. The molecule has 0 saturated heterocycles. The van der Waals surface area contributed by atoms with Gasteiger partial charge in [-0.05, 0) is 43.9 Å². The molecule has 100 valence electrons. The van der Waals surface area contributed by atoms with Crippen molar-refractivity contribution in [1.29, 1.82) is 0 Å². The van der Waals surface area contributed by atoms with Crippen LogP contribution in [0.5, 0.6) is 5.75 Å². The first-order valence-corrected chi connectivity index (χ1v) is 7.31. The van der Waals surface area contributed by atoms with Gasteiger partial charge in [0, 0.05) is 11.9 Å². The zero-order chi connectivity index (χ0) is 12.6. The Labute approximate surface area is 115 Å². The minimum atomic E-state index is 0.395. The number of nitrogens with one attached hydrogen (secondary N) is 1. The van der Waals surface area contributed by atoms with Crippen LogP contribution >= 0.6 is 11.6 Å². The maximum atomic E-state index is 6.18. The van der Waals surface area contributed by atoms with Crippen molar-refractivity contribution in [3.63, 3.8) is 0 Å². The van der Waals surface area contributed by atoms with Gasteiger partial charge in [0.2, 0.25) is 0 Å². The lowest BCUT2D eigenvalue weighted by Gasteiger charge is -2.25. The Morgan fingerprint density at radius 2 is 2.06 bits per heavy atom. The smallest absolute Gasteiger partial charge is 0.119 e. The fourth-order valence-corrected chi connectivity index (χ4v) is 2.88. The average Bonchev–Trinajstić information content (AvgIpc) is 2.40. The molecule has 0 aromatic heterocycles.